The summed E-state index contributed by atoms with van der Waals surface area (Å²) in [5.41, 5.74) is 0. The van der Waals surface area contributed by atoms with E-state index in [2.05, 4.69) is 20.4 Å². The van der Waals surface area contributed by atoms with Crippen LogP contribution < -0.4 is 0 Å². The van der Waals surface area contributed by atoms with Gasteiger partial charge in [0.05, 0.1) is 6.10 Å². The smallest absolute Gasteiger partial charge is 0.303 e. The normalized spacial score (nSPS) is 10.4. The Bertz CT molecular complexity index is 177. The number of carbonyl (C=O) groups is 1. The fourth-order valence-electron chi connectivity index (χ4n) is 0.880. The molecule has 3 nitrogen and oxygen atoms in total. The van der Waals surface area contributed by atoms with Crippen LogP contribution in [0.4, 0.5) is 0 Å². The van der Waals surface area contributed by atoms with Crippen molar-refractivity contribution in [3.63, 3.8) is 0 Å². The highest BCUT2D eigenvalue weighted by atomic mass is 16.4. The molecule has 1 unspecified atom stereocenters. The van der Waals surface area contributed by atoms with Crippen molar-refractivity contribution in [3.05, 3.63) is 12.7 Å². The van der Waals surface area contributed by atoms with Gasteiger partial charge in [-0.3, -0.25) is 4.79 Å². The van der Waals surface area contributed by atoms with Crippen molar-refractivity contribution >= 4 is 5.97 Å². The lowest BCUT2D eigenvalue weighted by Gasteiger charge is -1.95. The minimum absolute atomic E-state index is 0.116. The van der Waals surface area contributed by atoms with Crippen molar-refractivity contribution in [2.75, 3.05) is 0 Å². The predicted molar refractivity (Wildman–Crippen MR) is 83.5 cm³/mol. The van der Waals surface area contributed by atoms with Gasteiger partial charge in [-0.15, -0.1) is 6.58 Å². The molecule has 0 saturated carbocycles. The maximum Gasteiger partial charge on any atom is 0.303 e. The lowest BCUT2D eigenvalue weighted by molar-refractivity contribution is -0.137. The Labute approximate surface area is 119 Å². The zero-order chi connectivity index (χ0) is 15.5. The fourth-order valence-corrected chi connectivity index (χ4v) is 0.880. The van der Waals surface area contributed by atoms with E-state index in [1.807, 2.05) is 13.0 Å². The lowest BCUT2D eigenvalue weighted by atomic mass is 10.1. The molecule has 0 aliphatic rings. The first-order valence-corrected chi connectivity index (χ1v) is 7.46. The summed E-state index contributed by atoms with van der Waals surface area (Å²) in [7, 11) is 0. The number of hydrogen-bond acceptors (Lipinski definition) is 2. The van der Waals surface area contributed by atoms with Gasteiger partial charge < -0.3 is 10.2 Å². The largest absolute Gasteiger partial charge is 0.481 e. The van der Waals surface area contributed by atoms with Crippen molar-refractivity contribution in [1.29, 1.82) is 0 Å². The SMILES string of the molecule is C=CCC.CCC(C)O.CCCCCCCC(=O)O. The average molecular weight is 274 g/mol. The number of carboxylic acid groups (broad SMARTS) is 1. The number of hydrogen-bond donors (Lipinski definition) is 2. The average Bonchev–Trinajstić information content (AvgIpc) is 2.39. The summed E-state index contributed by atoms with van der Waals surface area (Å²) < 4.78 is 0. The molecule has 0 aromatic rings. The summed E-state index contributed by atoms with van der Waals surface area (Å²) in [5.74, 6) is -0.670. The number of aliphatic carboxylic acids is 1. The van der Waals surface area contributed by atoms with Gasteiger partial charge in [0.2, 0.25) is 0 Å². The molecule has 0 aliphatic carbocycles. The molecule has 1 atom stereocenters. The van der Waals surface area contributed by atoms with E-state index in [9.17, 15) is 4.79 Å². The molecule has 0 fully saturated rings. The minimum atomic E-state index is -0.670. The first kappa shape index (κ1) is 23.3. The number of aliphatic hydroxyl groups is 1. The van der Waals surface area contributed by atoms with E-state index in [1.165, 1.54) is 19.3 Å². The van der Waals surface area contributed by atoms with Crippen LogP contribution in [0, 0.1) is 0 Å². The molecule has 0 spiro atoms. The number of aliphatic hydroxyl groups excluding tert-OH is 1. The van der Waals surface area contributed by atoms with Crippen LogP contribution in [-0.2, 0) is 4.79 Å². The van der Waals surface area contributed by atoms with E-state index in [0.717, 1.165) is 25.7 Å². The second-order valence-corrected chi connectivity index (χ2v) is 4.51. The van der Waals surface area contributed by atoms with Gasteiger partial charge in [0.25, 0.3) is 0 Å². The summed E-state index contributed by atoms with van der Waals surface area (Å²) >= 11 is 0. The van der Waals surface area contributed by atoms with Gasteiger partial charge in [-0.05, 0) is 26.2 Å². The zero-order valence-corrected chi connectivity index (χ0v) is 13.3. The van der Waals surface area contributed by atoms with E-state index in [0.29, 0.717) is 6.42 Å². The summed E-state index contributed by atoms with van der Waals surface area (Å²) in [6.45, 7) is 11.4. The first-order chi connectivity index (χ1) is 8.95. The Morgan fingerprint density at radius 3 is 1.84 bits per heavy atom. The van der Waals surface area contributed by atoms with Crippen LogP contribution >= 0.6 is 0 Å². The van der Waals surface area contributed by atoms with E-state index >= 15 is 0 Å². The van der Waals surface area contributed by atoms with Gasteiger partial charge in [0, 0.05) is 6.42 Å². The Balaban J connectivity index is -0.000000238. The third kappa shape index (κ3) is 47.0. The maximum atomic E-state index is 10.0. The summed E-state index contributed by atoms with van der Waals surface area (Å²) in [5, 5.41) is 16.6. The quantitative estimate of drug-likeness (QED) is 0.494. The summed E-state index contributed by atoms with van der Waals surface area (Å²) in [6, 6.07) is 0. The second-order valence-electron chi connectivity index (χ2n) is 4.51. The molecule has 3 heteroatoms. The van der Waals surface area contributed by atoms with Crippen LogP contribution in [0.1, 0.15) is 79.1 Å². The van der Waals surface area contributed by atoms with Crippen LogP contribution in [-0.4, -0.2) is 22.3 Å². The van der Waals surface area contributed by atoms with Gasteiger partial charge >= 0.3 is 5.97 Å². The molecule has 0 bridgehead atoms. The lowest BCUT2D eigenvalue weighted by Crippen LogP contribution is -1.93. The standard InChI is InChI=1S/C8H16O2.C4H10O.C4H8/c1-2-3-4-5-6-7-8(9)10;1-3-4(2)5;1-3-4-2/h2-7H2,1H3,(H,9,10);4-5H,3H2,1-2H3;3H,1,4H2,2H3. The molecule has 0 aromatic carbocycles. The monoisotopic (exact) mass is 274 g/mol. The molecule has 0 aromatic heterocycles. The van der Waals surface area contributed by atoms with Crippen LogP contribution in [0.25, 0.3) is 0 Å². The Hall–Kier alpha value is -0.830. The van der Waals surface area contributed by atoms with Gasteiger partial charge in [-0.25, -0.2) is 0 Å². The van der Waals surface area contributed by atoms with Crippen LogP contribution in [0.15, 0.2) is 12.7 Å². The Morgan fingerprint density at radius 1 is 1.16 bits per heavy atom. The summed E-state index contributed by atoms with van der Waals surface area (Å²) in [4.78, 5) is 10.0. The molecular weight excluding hydrogens is 240 g/mol. The first-order valence-electron chi connectivity index (χ1n) is 7.46. The zero-order valence-electron chi connectivity index (χ0n) is 13.3. The van der Waals surface area contributed by atoms with Crippen molar-refractivity contribution in [2.45, 2.75) is 85.2 Å². The second kappa shape index (κ2) is 22.4. The number of allylic oxidation sites excluding steroid dienone is 1. The molecule has 116 valence electrons. The van der Waals surface area contributed by atoms with Gasteiger partial charge in [0.15, 0.2) is 0 Å². The number of rotatable bonds is 8. The predicted octanol–water partition coefficient (Wildman–Crippen LogP) is 4.79. The van der Waals surface area contributed by atoms with Crippen molar-refractivity contribution in [1.82, 2.24) is 0 Å². The van der Waals surface area contributed by atoms with Crippen molar-refractivity contribution < 1.29 is 15.0 Å². The van der Waals surface area contributed by atoms with Gasteiger partial charge in [-0.2, -0.15) is 0 Å². The van der Waals surface area contributed by atoms with Crippen LogP contribution in [0.2, 0.25) is 0 Å². The number of carboxylic acids is 1. The van der Waals surface area contributed by atoms with Crippen molar-refractivity contribution in [2.24, 2.45) is 0 Å². The van der Waals surface area contributed by atoms with Gasteiger partial charge in [-0.1, -0.05) is 52.5 Å². The molecule has 0 saturated heterocycles. The highest BCUT2D eigenvalue weighted by Crippen LogP contribution is 2.04. The van der Waals surface area contributed by atoms with Crippen molar-refractivity contribution in [3.8, 4) is 0 Å². The molecule has 0 aliphatic heterocycles. The van der Waals surface area contributed by atoms with Crippen LogP contribution in [0.5, 0.6) is 0 Å². The molecular formula is C16H34O3. The van der Waals surface area contributed by atoms with Crippen LogP contribution in [0.3, 0.4) is 0 Å². The Morgan fingerprint density at radius 2 is 1.58 bits per heavy atom. The molecule has 0 heterocycles. The van der Waals surface area contributed by atoms with Gasteiger partial charge in [0.1, 0.15) is 0 Å². The van der Waals surface area contributed by atoms with E-state index in [-0.39, 0.29) is 6.10 Å². The topological polar surface area (TPSA) is 57.5 Å². The molecule has 0 amide bonds. The maximum absolute atomic E-state index is 10.0. The molecule has 0 rings (SSSR count). The fraction of sp³-hybridized carbons (Fsp3) is 0.812. The third-order valence-electron chi connectivity index (χ3n) is 2.37. The molecule has 0 radical (unpaired) electrons. The van der Waals surface area contributed by atoms with E-state index in [1.54, 1.807) is 6.92 Å². The molecule has 19 heavy (non-hydrogen) atoms. The molecule has 2 N–H and O–H groups in total. The minimum Gasteiger partial charge on any atom is -0.481 e. The number of unbranched alkanes of at least 4 members (excludes halogenated alkanes) is 4. The summed E-state index contributed by atoms with van der Waals surface area (Å²) in [6.07, 6.45) is 9.59. The Kier molecular flexibility index (Phi) is 27.4. The van der Waals surface area contributed by atoms with E-state index < -0.39 is 5.97 Å². The van der Waals surface area contributed by atoms with E-state index in [4.69, 9.17) is 10.2 Å². The third-order valence-corrected chi connectivity index (χ3v) is 2.37. The highest BCUT2D eigenvalue weighted by Gasteiger charge is 1.94. The highest BCUT2D eigenvalue weighted by molar-refractivity contribution is 5.66.